The van der Waals surface area contributed by atoms with Gasteiger partial charge in [0.15, 0.2) is 0 Å². The molecule has 5 nitrogen and oxygen atoms in total. The molecule has 0 bridgehead atoms. The van der Waals surface area contributed by atoms with Gasteiger partial charge in [-0.05, 0) is 37.5 Å². The third kappa shape index (κ3) is 3.42. The van der Waals surface area contributed by atoms with Gasteiger partial charge in [0.1, 0.15) is 0 Å². The first kappa shape index (κ1) is 14.7. The summed E-state index contributed by atoms with van der Waals surface area (Å²) in [5, 5.41) is 9.08. The molecule has 1 unspecified atom stereocenters. The number of nitrogens with zero attached hydrogens (tertiary/aromatic N) is 1. The topological polar surface area (TPSA) is 75.8 Å². The highest BCUT2D eigenvalue weighted by Gasteiger charge is 2.22. The lowest BCUT2D eigenvalue weighted by Crippen LogP contribution is -2.40. The molecule has 0 spiro atoms. The van der Waals surface area contributed by atoms with E-state index >= 15 is 0 Å². The molecular weight excluding hydrogens is 256 g/mol. The number of piperidine rings is 1. The summed E-state index contributed by atoms with van der Waals surface area (Å²) >= 11 is 0. The number of hydrogen-bond acceptors (Lipinski definition) is 4. The number of benzene rings is 1. The van der Waals surface area contributed by atoms with Crippen molar-refractivity contribution in [3.8, 4) is 0 Å². The van der Waals surface area contributed by atoms with E-state index in [1.165, 1.54) is 6.07 Å². The van der Waals surface area contributed by atoms with Crippen molar-refractivity contribution in [1.82, 2.24) is 0 Å². The number of rotatable bonds is 5. The molecular formula is C15H22N2O3. The fraction of sp³-hybridized carbons (Fsp3) is 0.533. The molecule has 1 aromatic rings. The number of carbonyl (C=O) groups is 1. The van der Waals surface area contributed by atoms with E-state index < -0.39 is 5.97 Å². The molecule has 1 heterocycles. The highest BCUT2D eigenvalue weighted by molar-refractivity contribution is 5.90. The first-order valence-corrected chi connectivity index (χ1v) is 7.11. The standard InChI is InChI=1S/C15H22N2O3/c1-2-8-20-12-4-3-7-17(10-12)14-9-11(15(18)19)5-6-13(14)16/h5-6,9,12H,2-4,7-8,10,16H2,1H3,(H,18,19). The molecule has 1 aliphatic heterocycles. The van der Waals surface area contributed by atoms with Gasteiger partial charge in [0.2, 0.25) is 0 Å². The van der Waals surface area contributed by atoms with Gasteiger partial charge >= 0.3 is 5.97 Å². The van der Waals surface area contributed by atoms with Crippen molar-refractivity contribution in [2.75, 3.05) is 30.3 Å². The van der Waals surface area contributed by atoms with E-state index in [-0.39, 0.29) is 11.7 Å². The van der Waals surface area contributed by atoms with Crippen LogP contribution in [0.3, 0.4) is 0 Å². The van der Waals surface area contributed by atoms with Crippen molar-refractivity contribution in [3.05, 3.63) is 23.8 Å². The third-order valence-electron chi connectivity index (χ3n) is 3.55. The van der Waals surface area contributed by atoms with Crippen LogP contribution in [-0.2, 0) is 4.74 Å². The second-order valence-corrected chi connectivity index (χ2v) is 5.16. The molecule has 5 heteroatoms. The van der Waals surface area contributed by atoms with Crippen LogP contribution in [0.4, 0.5) is 11.4 Å². The molecule has 0 aliphatic carbocycles. The number of anilines is 2. The van der Waals surface area contributed by atoms with Crippen molar-refractivity contribution in [3.63, 3.8) is 0 Å². The Labute approximate surface area is 119 Å². The molecule has 0 amide bonds. The molecule has 110 valence electrons. The highest BCUT2D eigenvalue weighted by atomic mass is 16.5. The second kappa shape index (κ2) is 6.61. The van der Waals surface area contributed by atoms with Crippen LogP contribution >= 0.6 is 0 Å². The number of nitrogens with two attached hydrogens (primary N) is 1. The maximum absolute atomic E-state index is 11.1. The molecule has 3 N–H and O–H groups in total. The average molecular weight is 278 g/mol. The number of carboxylic acids is 1. The van der Waals surface area contributed by atoms with Crippen LogP contribution in [0.1, 0.15) is 36.5 Å². The summed E-state index contributed by atoms with van der Waals surface area (Å²) < 4.78 is 5.80. The summed E-state index contributed by atoms with van der Waals surface area (Å²) in [6.07, 6.45) is 3.30. The van der Waals surface area contributed by atoms with Crippen LogP contribution in [0.15, 0.2) is 18.2 Å². The summed E-state index contributed by atoms with van der Waals surface area (Å²) in [7, 11) is 0. The largest absolute Gasteiger partial charge is 0.478 e. The summed E-state index contributed by atoms with van der Waals surface area (Å²) in [5.74, 6) is -0.929. The Kier molecular flexibility index (Phi) is 4.84. The van der Waals surface area contributed by atoms with Gasteiger partial charge in [-0.1, -0.05) is 6.92 Å². The summed E-state index contributed by atoms with van der Waals surface area (Å²) in [6, 6.07) is 4.85. The molecule has 0 saturated carbocycles. The van der Waals surface area contributed by atoms with Crippen molar-refractivity contribution < 1.29 is 14.6 Å². The van der Waals surface area contributed by atoms with Gasteiger partial charge in [0, 0.05) is 19.7 Å². The first-order valence-electron chi connectivity index (χ1n) is 7.11. The minimum absolute atomic E-state index is 0.205. The van der Waals surface area contributed by atoms with E-state index in [9.17, 15) is 4.79 Å². The Morgan fingerprint density at radius 1 is 1.55 bits per heavy atom. The van der Waals surface area contributed by atoms with E-state index in [1.54, 1.807) is 12.1 Å². The number of hydrogen-bond donors (Lipinski definition) is 2. The smallest absolute Gasteiger partial charge is 0.335 e. The number of ether oxygens (including phenoxy) is 1. The molecule has 1 aromatic carbocycles. The lowest BCUT2D eigenvalue weighted by molar-refractivity contribution is 0.0441. The number of aromatic carboxylic acids is 1. The van der Waals surface area contributed by atoms with E-state index in [0.29, 0.717) is 5.69 Å². The lowest BCUT2D eigenvalue weighted by atomic mass is 10.1. The zero-order chi connectivity index (χ0) is 14.5. The summed E-state index contributed by atoms with van der Waals surface area (Å²) in [6.45, 7) is 4.52. The predicted molar refractivity (Wildman–Crippen MR) is 79.3 cm³/mol. The molecule has 0 radical (unpaired) electrons. The first-order chi connectivity index (χ1) is 9.61. The van der Waals surface area contributed by atoms with E-state index in [1.807, 2.05) is 0 Å². The second-order valence-electron chi connectivity index (χ2n) is 5.16. The minimum atomic E-state index is -0.929. The van der Waals surface area contributed by atoms with Gasteiger partial charge in [0.25, 0.3) is 0 Å². The minimum Gasteiger partial charge on any atom is -0.478 e. The number of carboxylic acid groups (broad SMARTS) is 1. The lowest BCUT2D eigenvalue weighted by Gasteiger charge is -2.35. The summed E-state index contributed by atoms with van der Waals surface area (Å²) in [4.78, 5) is 13.2. The fourth-order valence-corrected chi connectivity index (χ4v) is 2.53. The monoisotopic (exact) mass is 278 g/mol. The van der Waals surface area contributed by atoms with Crippen molar-refractivity contribution in [2.45, 2.75) is 32.3 Å². The Hall–Kier alpha value is -1.75. The van der Waals surface area contributed by atoms with Gasteiger partial charge in [-0.15, -0.1) is 0 Å². The average Bonchev–Trinajstić information content (AvgIpc) is 2.45. The van der Waals surface area contributed by atoms with E-state index in [4.69, 9.17) is 15.6 Å². The molecule has 2 rings (SSSR count). The fourth-order valence-electron chi connectivity index (χ4n) is 2.53. The maximum atomic E-state index is 11.1. The van der Waals surface area contributed by atoms with Gasteiger partial charge in [-0.3, -0.25) is 0 Å². The molecule has 1 atom stereocenters. The van der Waals surface area contributed by atoms with Crippen molar-refractivity contribution in [2.24, 2.45) is 0 Å². The summed E-state index contributed by atoms with van der Waals surface area (Å²) in [5.41, 5.74) is 7.68. The van der Waals surface area contributed by atoms with Gasteiger partial charge in [0.05, 0.1) is 23.0 Å². The quantitative estimate of drug-likeness (QED) is 0.809. The normalized spacial score (nSPS) is 19.1. The molecule has 20 heavy (non-hydrogen) atoms. The molecule has 1 fully saturated rings. The highest BCUT2D eigenvalue weighted by Crippen LogP contribution is 2.28. The van der Waals surface area contributed by atoms with Crippen LogP contribution in [-0.4, -0.2) is 36.9 Å². The Balaban J connectivity index is 2.13. The maximum Gasteiger partial charge on any atom is 0.335 e. The number of nitrogen functional groups attached to an aromatic ring is 1. The van der Waals surface area contributed by atoms with Crippen molar-refractivity contribution in [1.29, 1.82) is 0 Å². The van der Waals surface area contributed by atoms with Gasteiger partial charge in [-0.2, -0.15) is 0 Å². The molecule has 0 aromatic heterocycles. The SMILES string of the molecule is CCCOC1CCCN(c2cc(C(=O)O)ccc2N)C1. The van der Waals surface area contributed by atoms with Crippen LogP contribution in [0.5, 0.6) is 0 Å². The van der Waals surface area contributed by atoms with Crippen LogP contribution in [0, 0.1) is 0 Å². The Bertz CT molecular complexity index is 476. The van der Waals surface area contributed by atoms with Crippen LogP contribution in [0.25, 0.3) is 0 Å². The van der Waals surface area contributed by atoms with Crippen molar-refractivity contribution >= 4 is 17.3 Å². The van der Waals surface area contributed by atoms with Gasteiger partial charge in [-0.25, -0.2) is 4.79 Å². The van der Waals surface area contributed by atoms with Crippen LogP contribution < -0.4 is 10.6 Å². The van der Waals surface area contributed by atoms with Crippen LogP contribution in [0.2, 0.25) is 0 Å². The zero-order valence-electron chi connectivity index (χ0n) is 11.8. The van der Waals surface area contributed by atoms with E-state index in [0.717, 1.165) is 44.6 Å². The molecule has 1 saturated heterocycles. The third-order valence-corrected chi connectivity index (χ3v) is 3.55. The Morgan fingerprint density at radius 2 is 2.35 bits per heavy atom. The van der Waals surface area contributed by atoms with Gasteiger partial charge < -0.3 is 20.5 Å². The van der Waals surface area contributed by atoms with E-state index in [2.05, 4.69) is 11.8 Å². The molecule has 1 aliphatic rings. The zero-order valence-corrected chi connectivity index (χ0v) is 11.8. The Morgan fingerprint density at radius 3 is 3.05 bits per heavy atom. The predicted octanol–water partition coefficient (Wildman–Crippen LogP) is 2.36.